The van der Waals surface area contributed by atoms with Gasteiger partial charge in [-0.1, -0.05) is 18.2 Å². The first-order valence-electron chi connectivity index (χ1n) is 7.96. The van der Waals surface area contributed by atoms with Crippen molar-refractivity contribution in [1.29, 1.82) is 0 Å². The summed E-state index contributed by atoms with van der Waals surface area (Å²) in [5.41, 5.74) is 1.34. The second-order valence-corrected chi connectivity index (χ2v) is 6.05. The van der Waals surface area contributed by atoms with Gasteiger partial charge in [0.05, 0.1) is 6.61 Å². The van der Waals surface area contributed by atoms with E-state index in [0.717, 1.165) is 39.3 Å². The number of benzene rings is 1. The summed E-state index contributed by atoms with van der Waals surface area (Å²) in [4.78, 5) is 5.03. The summed E-state index contributed by atoms with van der Waals surface area (Å²) in [6.07, 6.45) is 0. The molecule has 1 N–H and O–H groups in total. The van der Waals surface area contributed by atoms with E-state index in [9.17, 15) is 0 Å². The zero-order valence-electron chi connectivity index (χ0n) is 13.6. The highest BCUT2D eigenvalue weighted by molar-refractivity contribution is 5.46. The van der Waals surface area contributed by atoms with Gasteiger partial charge in [0.1, 0.15) is 0 Å². The average molecular weight is 291 g/mol. The smallest absolute Gasteiger partial charge is 0.0613 e. The largest absolute Gasteiger partial charge is 0.383 e. The van der Waals surface area contributed by atoms with Crippen molar-refractivity contribution >= 4 is 5.69 Å². The molecule has 118 valence electrons. The van der Waals surface area contributed by atoms with Crippen molar-refractivity contribution in [3.63, 3.8) is 0 Å². The summed E-state index contributed by atoms with van der Waals surface area (Å²) < 4.78 is 5.17. The first-order chi connectivity index (χ1) is 10.2. The molecule has 1 heterocycles. The predicted molar refractivity (Wildman–Crippen MR) is 89.0 cm³/mol. The molecular weight excluding hydrogens is 262 g/mol. The second kappa shape index (κ2) is 8.37. The maximum Gasteiger partial charge on any atom is 0.0613 e. The molecule has 0 unspecified atom stereocenters. The Kier molecular flexibility index (Phi) is 6.49. The van der Waals surface area contributed by atoms with Crippen LogP contribution in [0.5, 0.6) is 0 Å². The molecule has 0 amide bonds. The molecule has 1 aliphatic rings. The lowest BCUT2D eigenvalue weighted by molar-refractivity contribution is 0.159. The molecule has 0 aliphatic carbocycles. The molecule has 0 spiro atoms. The van der Waals surface area contributed by atoms with Crippen LogP contribution in [-0.2, 0) is 4.74 Å². The molecule has 0 saturated carbocycles. The van der Waals surface area contributed by atoms with Gasteiger partial charge in [-0.15, -0.1) is 0 Å². The lowest BCUT2D eigenvalue weighted by Crippen LogP contribution is -2.51. The Labute approximate surface area is 129 Å². The summed E-state index contributed by atoms with van der Waals surface area (Å²) in [5, 5.41) is 3.59. The molecule has 21 heavy (non-hydrogen) atoms. The molecule has 1 aromatic carbocycles. The van der Waals surface area contributed by atoms with Crippen LogP contribution >= 0.6 is 0 Å². The monoisotopic (exact) mass is 291 g/mol. The maximum atomic E-state index is 5.17. The van der Waals surface area contributed by atoms with Gasteiger partial charge in [0.2, 0.25) is 0 Å². The van der Waals surface area contributed by atoms with E-state index in [-0.39, 0.29) is 0 Å². The summed E-state index contributed by atoms with van der Waals surface area (Å²) in [7, 11) is 1.76. The quantitative estimate of drug-likeness (QED) is 0.829. The van der Waals surface area contributed by atoms with E-state index >= 15 is 0 Å². The number of nitrogens with zero attached hydrogens (tertiary/aromatic N) is 2. The SMILES string of the molecule is COC[C@@H](C)N[C@@H](C)CN1CCN(c2ccccc2)CC1. The topological polar surface area (TPSA) is 27.7 Å². The minimum absolute atomic E-state index is 0.413. The molecule has 0 bridgehead atoms. The van der Waals surface area contributed by atoms with Crippen LogP contribution in [0.2, 0.25) is 0 Å². The molecule has 0 aromatic heterocycles. The minimum Gasteiger partial charge on any atom is -0.383 e. The molecule has 1 saturated heterocycles. The summed E-state index contributed by atoms with van der Waals surface area (Å²) in [5.74, 6) is 0. The molecule has 2 rings (SSSR count). The number of methoxy groups -OCH3 is 1. The predicted octanol–water partition coefficient (Wildman–Crippen LogP) is 1.82. The van der Waals surface area contributed by atoms with Gasteiger partial charge in [-0.2, -0.15) is 0 Å². The third-order valence-electron chi connectivity index (χ3n) is 4.01. The van der Waals surface area contributed by atoms with Crippen LogP contribution in [0.25, 0.3) is 0 Å². The molecule has 2 atom stereocenters. The van der Waals surface area contributed by atoms with Crippen LogP contribution in [0, 0.1) is 0 Å². The lowest BCUT2D eigenvalue weighted by atomic mass is 10.2. The highest BCUT2D eigenvalue weighted by Gasteiger charge is 2.19. The first-order valence-corrected chi connectivity index (χ1v) is 7.96. The standard InChI is InChI=1S/C17H29N3O/c1-15(18-16(2)14-21-3)13-19-9-11-20(12-10-19)17-7-5-4-6-8-17/h4-8,15-16,18H,9-14H2,1-3H3/t15-,16+/m0/s1. The van der Waals surface area contributed by atoms with Gasteiger partial charge in [0.25, 0.3) is 0 Å². The van der Waals surface area contributed by atoms with E-state index in [1.54, 1.807) is 7.11 Å². The second-order valence-electron chi connectivity index (χ2n) is 6.05. The van der Waals surface area contributed by atoms with E-state index in [0.29, 0.717) is 12.1 Å². The Bertz CT molecular complexity index is 390. The number of piperazine rings is 1. The van der Waals surface area contributed by atoms with Crippen LogP contribution in [0.1, 0.15) is 13.8 Å². The highest BCUT2D eigenvalue weighted by Crippen LogP contribution is 2.15. The van der Waals surface area contributed by atoms with Gasteiger partial charge in [-0.25, -0.2) is 0 Å². The van der Waals surface area contributed by atoms with E-state index in [1.807, 2.05) is 0 Å². The lowest BCUT2D eigenvalue weighted by Gasteiger charge is -2.37. The van der Waals surface area contributed by atoms with Gasteiger partial charge in [0, 0.05) is 57.6 Å². The first kappa shape index (κ1) is 16.3. The Morgan fingerprint density at radius 3 is 2.33 bits per heavy atom. The highest BCUT2D eigenvalue weighted by atomic mass is 16.5. The summed E-state index contributed by atoms with van der Waals surface area (Å²) >= 11 is 0. The van der Waals surface area contributed by atoms with Crippen molar-refractivity contribution in [2.45, 2.75) is 25.9 Å². The third kappa shape index (κ3) is 5.30. The molecule has 1 aliphatic heterocycles. The van der Waals surface area contributed by atoms with Crippen LogP contribution in [0.3, 0.4) is 0 Å². The maximum absolute atomic E-state index is 5.17. The third-order valence-corrected chi connectivity index (χ3v) is 4.01. The number of rotatable bonds is 7. The minimum atomic E-state index is 0.413. The Hall–Kier alpha value is -1.10. The van der Waals surface area contributed by atoms with E-state index in [4.69, 9.17) is 4.74 Å². The van der Waals surface area contributed by atoms with Crippen molar-refractivity contribution < 1.29 is 4.74 Å². The number of ether oxygens (including phenoxy) is 1. The van der Waals surface area contributed by atoms with Gasteiger partial charge in [-0.05, 0) is 26.0 Å². The van der Waals surface area contributed by atoms with Gasteiger partial charge in [-0.3, -0.25) is 4.90 Å². The Morgan fingerprint density at radius 1 is 1.05 bits per heavy atom. The van der Waals surface area contributed by atoms with E-state index < -0.39 is 0 Å². The normalized spacial score (nSPS) is 19.5. The fourth-order valence-corrected chi connectivity index (χ4v) is 3.05. The Balaban J connectivity index is 1.71. The summed E-state index contributed by atoms with van der Waals surface area (Å²) in [6.45, 7) is 10.8. The zero-order chi connectivity index (χ0) is 15.1. The van der Waals surface area contributed by atoms with Gasteiger partial charge < -0.3 is 15.0 Å². The number of hydrogen-bond donors (Lipinski definition) is 1. The molecule has 1 aromatic rings. The fourth-order valence-electron chi connectivity index (χ4n) is 3.05. The molecule has 4 nitrogen and oxygen atoms in total. The number of nitrogens with one attached hydrogen (secondary N) is 1. The fraction of sp³-hybridized carbons (Fsp3) is 0.647. The Morgan fingerprint density at radius 2 is 1.71 bits per heavy atom. The number of anilines is 1. The number of para-hydroxylation sites is 1. The van der Waals surface area contributed by atoms with Crippen molar-refractivity contribution in [3.8, 4) is 0 Å². The van der Waals surface area contributed by atoms with Crippen molar-refractivity contribution in [3.05, 3.63) is 30.3 Å². The summed E-state index contributed by atoms with van der Waals surface area (Å²) in [6, 6.07) is 11.6. The molecular formula is C17H29N3O. The van der Waals surface area contributed by atoms with E-state index in [2.05, 4.69) is 59.3 Å². The van der Waals surface area contributed by atoms with Crippen molar-refractivity contribution in [1.82, 2.24) is 10.2 Å². The van der Waals surface area contributed by atoms with Gasteiger partial charge >= 0.3 is 0 Å². The van der Waals surface area contributed by atoms with Crippen LogP contribution < -0.4 is 10.2 Å². The van der Waals surface area contributed by atoms with E-state index in [1.165, 1.54) is 5.69 Å². The van der Waals surface area contributed by atoms with Crippen molar-refractivity contribution in [2.75, 3.05) is 51.3 Å². The van der Waals surface area contributed by atoms with Gasteiger partial charge in [0.15, 0.2) is 0 Å². The van der Waals surface area contributed by atoms with Crippen molar-refractivity contribution in [2.24, 2.45) is 0 Å². The van der Waals surface area contributed by atoms with Crippen LogP contribution in [0.15, 0.2) is 30.3 Å². The molecule has 4 heteroatoms. The zero-order valence-corrected chi connectivity index (χ0v) is 13.6. The van der Waals surface area contributed by atoms with Crippen LogP contribution in [-0.4, -0.2) is 63.4 Å². The van der Waals surface area contributed by atoms with Crippen LogP contribution in [0.4, 0.5) is 5.69 Å². The molecule has 0 radical (unpaired) electrons. The molecule has 1 fully saturated rings. The number of hydrogen-bond acceptors (Lipinski definition) is 4. The average Bonchev–Trinajstić information content (AvgIpc) is 2.49.